The van der Waals surface area contributed by atoms with Gasteiger partial charge in [-0.15, -0.1) is 0 Å². The molecule has 1 heterocycles. The van der Waals surface area contributed by atoms with Crippen LogP contribution in [0.5, 0.6) is 5.75 Å². The van der Waals surface area contributed by atoms with E-state index in [2.05, 4.69) is 15.7 Å². The number of carbonyl (C=O) groups excluding carboxylic acids is 1. The van der Waals surface area contributed by atoms with Gasteiger partial charge in [-0.05, 0) is 39.4 Å². The maximum absolute atomic E-state index is 12.5. The molecule has 0 bridgehead atoms. The number of hydrogen-bond donors (Lipinski definition) is 2. The highest BCUT2D eigenvalue weighted by Gasteiger charge is 2.20. The molecule has 0 aliphatic heterocycles. The lowest BCUT2D eigenvalue weighted by atomic mass is 10.1. The highest BCUT2D eigenvalue weighted by Crippen LogP contribution is 2.22. The molecule has 0 saturated heterocycles. The van der Waals surface area contributed by atoms with Crippen LogP contribution in [0.4, 0.5) is 0 Å². The molecule has 1 unspecified atom stereocenters. The molecule has 0 radical (unpaired) electrons. The van der Waals surface area contributed by atoms with Crippen molar-refractivity contribution < 1.29 is 9.53 Å². The van der Waals surface area contributed by atoms with Gasteiger partial charge in [-0.2, -0.15) is 5.10 Å². The van der Waals surface area contributed by atoms with E-state index in [1.54, 1.807) is 17.9 Å². The molecule has 0 spiro atoms. The summed E-state index contributed by atoms with van der Waals surface area (Å²) in [4.78, 5) is 12.5. The van der Waals surface area contributed by atoms with Crippen molar-refractivity contribution in [2.75, 3.05) is 7.05 Å². The molecule has 0 aliphatic carbocycles. The van der Waals surface area contributed by atoms with Crippen molar-refractivity contribution in [1.82, 2.24) is 20.4 Å². The summed E-state index contributed by atoms with van der Waals surface area (Å²) in [6.45, 7) is 6.42. The number of nitrogens with zero attached hydrogens (tertiary/aromatic N) is 2. The Kier molecular flexibility index (Phi) is 5.98. The number of benzene rings is 1. The second-order valence-corrected chi connectivity index (χ2v) is 6.16. The van der Waals surface area contributed by atoms with Crippen molar-refractivity contribution in [2.45, 2.75) is 39.5 Å². The lowest BCUT2D eigenvalue weighted by Gasteiger charge is -2.18. The van der Waals surface area contributed by atoms with E-state index >= 15 is 0 Å². The van der Waals surface area contributed by atoms with Gasteiger partial charge in [-0.25, -0.2) is 0 Å². The molecule has 2 rings (SSSR count). The van der Waals surface area contributed by atoms with Crippen LogP contribution in [0.3, 0.4) is 0 Å². The quantitative estimate of drug-likeness (QED) is 0.816. The van der Waals surface area contributed by atoms with E-state index in [1.807, 2.05) is 52.2 Å². The number of rotatable bonds is 7. The summed E-state index contributed by atoms with van der Waals surface area (Å²) in [6, 6.07) is 5.58. The number of ether oxygens (including phenoxy) is 1. The molecule has 24 heavy (non-hydrogen) atoms. The average molecular weight is 330 g/mol. The molecule has 1 atom stereocenters. The Balaban J connectivity index is 2.08. The van der Waals surface area contributed by atoms with Gasteiger partial charge < -0.3 is 15.4 Å². The summed E-state index contributed by atoms with van der Waals surface area (Å²) in [5.41, 5.74) is 2.92. The van der Waals surface area contributed by atoms with Gasteiger partial charge in [0.25, 0.3) is 0 Å². The first kappa shape index (κ1) is 18.0. The molecule has 6 heteroatoms. The zero-order chi connectivity index (χ0) is 17.7. The van der Waals surface area contributed by atoms with Gasteiger partial charge in [0.05, 0.1) is 12.3 Å². The molecule has 1 amide bonds. The molecule has 1 aromatic heterocycles. The molecule has 0 fully saturated rings. The summed E-state index contributed by atoms with van der Waals surface area (Å²) >= 11 is 0. The van der Waals surface area contributed by atoms with Crippen LogP contribution in [-0.4, -0.2) is 28.8 Å². The molecule has 130 valence electrons. The van der Waals surface area contributed by atoms with Gasteiger partial charge in [0.2, 0.25) is 5.91 Å². The summed E-state index contributed by atoms with van der Waals surface area (Å²) in [5.74, 6) is 0.717. The van der Waals surface area contributed by atoms with Crippen molar-refractivity contribution in [1.29, 1.82) is 0 Å². The minimum absolute atomic E-state index is 0.0849. The molecular formula is C18H26N4O2. The third-order valence-electron chi connectivity index (χ3n) is 3.65. The number of hydrogen-bond acceptors (Lipinski definition) is 4. The van der Waals surface area contributed by atoms with Crippen LogP contribution < -0.4 is 15.4 Å². The number of nitrogens with one attached hydrogen (secondary N) is 2. The van der Waals surface area contributed by atoms with Crippen molar-refractivity contribution in [2.24, 2.45) is 7.05 Å². The van der Waals surface area contributed by atoms with E-state index in [0.29, 0.717) is 6.54 Å². The molecule has 2 N–H and O–H groups in total. The van der Waals surface area contributed by atoms with Crippen molar-refractivity contribution >= 4 is 5.91 Å². The molecule has 0 aliphatic rings. The summed E-state index contributed by atoms with van der Waals surface area (Å²) < 4.78 is 7.54. The maximum Gasteiger partial charge on any atom is 0.242 e. The Morgan fingerprint density at radius 3 is 2.71 bits per heavy atom. The minimum Gasteiger partial charge on any atom is -0.491 e. The van der Waals surface area contributed by atoms with Gasteiger partial charge >= 0.3 is 0 Å². The third-order valence-corrected chi connectivity index (χ3v) is 3.65. The van der Waals surface area contributed by atoms with Gasteiger partial charge in [0, 0.05) is 30.9 Å². The number of aromatic nitrogens is 2. The first-order valence-electron chi connectivity index (χ1n) is 8.10. The SMILES string of the molecule is CNC(C(=O)NCc1ccc(C)cc1OC(C)C)c1cnn(C)c1. The summed E-state index contributed by atoms with van der Waals surface area (Å²) in [6.07, 6.45) is 3.61. The fourth-order valence-corrected chi connectivity index (χ4v) is 2.49. The zero-order valence-corrected chi connectivity index (χ0v) is 15.0. The Bertz CT molecular complexity index is 694. The number of amides is 1. The van der Waals surface area contributed by atoms with E-state index < -0.39 is 6.04 Å². The van der Waals surface area contributed by atoms with Crippen LogP contribution in [0.25, 0.3) is 0 Å². The Labute approximate surface area is 143 Å². The Morgan fingerprint density at radius 1 is 1.38 bits per heavy atom. The molecule has 6 nitrogen and oxygen atoms in total. The number of carbonyl (C=O) groups is 1. The minimum atomic E-state index is -0.432. The number of aryl methyl sites for hydroxylation is 2. The normalized spacial score (nSPS) is 12.2. The van der Waals surface area contributed by atoms with Crippen molar-refractivity contribution in [3.63, 3.8) is 0 Å². The number of likely N-dealkylation sites (N-methyl/N-ethyl adjacent to an activating group) is 1. The van der Waals surface area contributed by atoms with Crippen LogP contribution in [0.2, 0.25) is 0 Å². The van der Waals surface area contributed by atoms with E-state index in [-0.39, 0.29) is 12.0 Å². The fraction of sp³-hybridized carbons (Fsp3) is 0.444. The lowest BCUT2D eigenvalue weighted by Crippen LogP contribution is -2.35. The van der Waals surface area contributed by atoms with E-state index in [9.17, 15) is 4.79 Å². The molecule has 2 aromatic rings. The van der Waals surface area contributed by atoms with Crippen molar-refractivity contribution in [3.05, 3.63) is 47.3 Å². The first-order valence-corrected chi connectivity index (χ1v) is 8.10. The van der Waals surface area contributed by atoms with Crippen LogP contribution in [-0.2, 0) is 18.4 Å². The predicted molar refractivity (Wildman–Crippen MR) is 93.8 cm³/mol. The van der Waals surface area contributed by atoms with Gasteiger partial charge in [0.1, 0.15) is 11.8 Å². The predicted octanol–water partition coefficient (Wildman–Crippen LogP) is 2.09. The smallest absolute Gasteiger partial charge is 0.242 e. The lowest BCUT2D eigenvalue weighted by molar-refractivity contribution is -0.123. The monoisotopic (exact) mass is 330 g/mol. The van der Waals surface area contributed by atoms with E-state index in [0.717, 1.165) is 22.4 Å². The average Bonchev–Trinajstić information content (AvgIpc) is 2.93. The van der Waals surface area contributed by atoms with Crippen LogP contribution >= 0.6 is 0 Å². The second kappa shape index (κ2) is 7.97. The van der Waals surface area contributed by atoms with Crippen molar-refractivity contribution in [3.8, 4) is 5.75 Å². The standard InChI is InChI=1S/C18H26N4O2/c1-12(2)24-16-8-13(3)6-7-14(16)9-20-18(23)17(19-4)15-10-21-22(5)11-15/h6-8,10-12,17,19H,9H2,1-5H3,(H,20,23). The summed E-state index contributed by atoms with van der Waals surface area (Å²) in [7, 11) is 3.59. The van der Waals surface area contributed by atoms with Crippen LogP contribution in [0.1, 0.15) is 36.6 Å². The second-order valence-electron chi connectivity index (χ2n) is 6.16. The van der Waals surface area contributed by atoms with Gasteiger partial charge in [-0.3, -0.25) is 9.48 Å². The van der Waals surface area contributed by atoms with E-state index in [1.165, 1.54) is 0 Å². The van der Waals surface area contributed by atoms with Gasteiger partial charge in [-0.1, -0.05) is 12.1 Å². The third kappa shape index (κ3) is 4.58. The van der Waals surface area contributed by atoms with Gasteiger partial charge in [0.15, 0.2) is 0 Å². The fourth-order valence-electron chi connectivity index (χ4n) is 2.49. The maximum atomic E-state index is 12.5. The molecule has 0 saturated carbocycles. The highest BCUT2D eigenvalue weighted by molar-refractivity contribution is 5.83. The highest BCUT2D eigenvalue weighted by atomic mass is 16.5. The first-order chi connectivity index (χ1) is 11.4. The van der Waals surface area contributed by atoms with Crippen LogP contribution in [0, 0.1) is 6.92 Å². The van der Waals surface area contributed by atoms with E-state index in [4.69, 9.17) is 4.74 Å². The summed E-state index contributed by atoms with van der Waals surface area (Å²) in [5, 5.41) is 10.1. The molecular weight excluding hydrogens is 304 g/mol. The molecule has 1 aromatic carbocycles. The Hall–Kier alpha value is -2.34. The zero-order valence-electron chi connectivity index (χ0n) is 15.0. The Morgan fingerprint density at radius 2 is 2.12 bits per heavy atom. The topological polar surface area (TPSA) is 68.2 Å². The van der Waals surface area contributed by atoms with Crippen LogP contribution in [0.15, 0.2) is 30.6 Å². The largest absolute Gasteiger partial charge is 0.491 e.